The highest BCUT2D eigenvalue weighted by Gasteiger charge is 2.43. The van der Waals surface area contributed by atoms with Gasteiger partial charge in [-0.15, -0.1) is 0 Å². The predicted octanol–water partition coefficient (Wildman–Crippen LogP) is 4.75. The van der Waals surface area contributed by atoms with E-state index in [0.717, 1.165) is 17.5 Å². The largest absolute Gasteiger partial charge is 0.504 e. The minimum absolute atomic E-state index is 0.00618. The Balaban J connectivity index is 1.48. The average Bonchev–Trinajstić information content (AvgIpc) is 2.99. The zero-order chi connectivity index (χ0) is 28.4. The number of rotatable bonds is 12. The van der Waals surface area contributed by atoms with Gasteiger partial charge in [-0.3, -0.25) is 19.2 Å². The summed E-state index contributed by atoms with van der Waals surface area (Å²) in [5.41, 5.74) is 3.05. The zero-order valence-corrected chi connectivity index (χ0v) is 22.1. The van der Waals surface area contributed by atoms with E-state index >= 15 is 0 Å². The number of phenolic OH excluding ortho intramolecular Hbond substituents is 2. The van der Waals surface area contributed by atoms with Crippen molar-refractivity contribution in [2.45, 2.75) is 63.4 Å². The average molecular weight is 548 g/mol. The van der Waals surface area contributed by atoms with Crippen LogP contribution in [0.25, 0.3) is 0 Å². The van der Waals surface area contributed by atoms with Crippen molar-refractivity contribution in [3.8, 4) is 11.5 Å². The highest BCUT2D eigenvalue weighted by Crippen LogP contribution is 2.36. The van der Waals surface area contributed by atoms with Gasteiger partial charge in [-0.2, -0.15) is 5.48 Å². The first-order valence-electron chi connectivity index (χ1n) is 13.3. The second kappa shape index (κ2) is 13.7. The molecule has 0 amide bonds. The Hall–Kier alpha value is -4.21. The number of esters is 2. The van der Waals surface area contributed by atoms with Gasteiger partial charge < -0.3 is 19.7 Å². The van der Waals surface area contributed by atoms with Gasteiger partial charge in [0, 0.05) is 5.56 Å². The third-order valence-electron chi connectivity index (χ3n) is 6.83. The van der Waals surface area contributed by atoms with Gasteiger partial charge in [0.1, 0.15) is 19.3 Å². The van der Waals surface area contributed by atoms with Crippen molar-refractivity contribution in [1.82, 2.24) is 5.48 Å². The second-order valence-corrected chi connectivity index (χ2v) is 9.80. The number of nitrogens with one attached hydrogen (secondary N) is 1. The van der Waals surface area contributed by atoms with Crippen LogP contribution < -0.4 is 5.48 Å². The fraction of sp³-hybridized carbons (Fsp3) is 0.323. The molecule has 3 N–H and O–H groups in total. The molecule has 4 rings (SSSR count). The standard InChI is InChI=1S/C31H33NO8/c33-26-15-14-24(18-27(26)34)29(36)31(16-8-3-9-17-31)40-32-25(30(37)39-21-23-12-6-2-7-13-23)19-28(35)38-20-22-10-4-1-5-11-22/h1-2,4-7,10-15,18,25,32-34H,3,8-9,16-17,19-21H2/t25-/m0/s1. The van der Waals surface area contributed by atoms with Gasteiger partial charge in [0.05, 0.1) is 6.42 Å². The number of ether oxygens (including phenoxy) is 2. The normalized spacial score (nSPS) is 15.1. The molecule has 0 heterocycles. The summed E-state index contributed by atoms with van der Waals surface area (Å²) < 4.78 is 10.8. The number of aromatic hydroxyl groups is 2. The Morgan fingerprint density at radius 1 is 0.775 bits per heavy atom. The molecule has 3 aromatic rings. The maximum Gasteiger partial charge on any atom is 0.326 e. The van der Waals surface area contributed by atoms with Gasteiger partial charge in [0.2, 0.25) is 0 Å². The molecule has 9 nitrogen and oxygen atoms in total. The lowest BCUT2D eigenvalue weighted by atomic mass is 9.79. The van der Waals surface area contributed by atoms with Crippen molar-refractivity contribution in [1.29, 1.82) is 0 Å². The maximum absolute atomic E-state index is 13.6. The van der Waals surface area contributed by atoms with E-state index in [2.05, 4.69) is 5.48 Å². The molecule has 40 heavy (non-hydrogen) atoms. The first kappa shape index (κ1) is 28.8. The lowest BCUT2D eigenvalue weighted by molar-refractivity contribution is -0.166. The number of Topliss-reactive ketones (excluding diaryl/α,β-unsaturated/α-hetero) is 1. The quantitative estimate of drug-likeness (QED) is 0.127. The van der Waals surface area contributed by atoms with Gasteiger partial charge in [-0.05, 0) is 42.2 Å². The van der Waals surface area contributed by atoms with E-state index in [1.165, 1.54) is 18.2 Å². The van der Waals surface area contributed by atoms with Crippen molar-refractivity contribution in [3.63, 3.8) is 0 Å². The summed E-state index contributed by atoms with van der Waals surface area (Å²) in [5, 5.41) is 19.6. The summed E-state index contributed by atoms with van der Waals surface area (Å²) in [6.07, 6.45) is 2.67. The first-order chi connectivity index (χ1) is 19.4. The van der Waals surface area contributed by atoms with Crippen molar-refractivity contribution in [3.05, 3.63) is 95.6 Å². The van der Waals surface area contributed by atoms with E-state index in [-0.39, 0.29) is 30.9 Å². The van der Waals surface area contributed by atoms with Crippen LogP contribution in [0.3, 0.4) is 0 Å². The number of hydrogen-bond donors (Lipinski definition) is 3. The molecule has 3 aromatic carbocycles. The van der Waals surface area contributed by atoms with Crippen molar-refractivity contribution in [2.24, 2.45) is 0 Å². The summed E-state index contributed by atoms with van der Waals surface area (Å²) in [6.45, 7) is 0.0346. The number of benzene rings is 3. The highest BCUT2D eigenvalue weighted by molar-refractivity contribution is 6.03. The summed E-state index contributed by atoms with van der Waals surface area (Å²) >= 11 is 0. The fourth-order valence-corrected chi connectivity index (χ4v) is 4.58. The van der Waals surface area contributed by atoms with Crippen molar-refractivity contribution < 1.29 is 38.9 Å². The molecular weight excluding hydrogens is 514 g/mol. The number of carbonyl (C=O) groups excluding carboxylic acids is 3. The number of carbonyl (C=O) groups is 3. The Kier molecular flexibility index (Phi) is 9.88. The molecular formula is C31H33NO8. The van der Waals surface area contributed by atoms with E-state index in [0.29, 0.717) is 25.7 Å². The van der Waals surface area contributed by atoms with E-state index in [9.17, 15) is 24.6 Å². The molecule has 0 aliphatic heterocycles. The fourth-order valence-electron chi connectivity index (χ4n) is 4.58. The summed E-state index contributed by atoms with van der Waals surface area (Å²) in [4.78, 5) is 45.4. The molecule has 1 atom stereocenters. The third-order valence-corrected chi connectivity index (χ3v) is 6.83. The van der Waals surface area contributed by atoms with Crippen molar-refractivity contribution in [2.75, 3.05) is 0 Å². The topological polar surface area (TPSA) is 131 Å². The van der Waals surface area contributed by atoms with E-state index < -0.39 is 35.1 Å². The molecule has 0 bridgehead atoms. The minimum atomic E-state index is -1.34. The lowest BCUT2D eigenvalue weighted by Gasteiger charge is -2.36. The Labute approximate surface area is 232 Å². The summed E-state index contributed by atoms with van der Waals surface area (Å²) in [5.74, 6) is -2.55. The van der Waals surface area contributed by atoms with Crippen LogP contribution in [-0.4, -0.2) is 39.6 Å². The highest BCUT2D eigenvalue weighted by atomic mass is 16.7. The van der Waals surface area contributed by atoms with Crippen LogP contribution in [-0.2, 0) is 37.1 Å². The van der Waals surface area contributed by atoms with Crippen LogP contribution in [0.15, 0.2) is 78.9 Å². The molecule has 0 saturated heterocycles. The molecule has 210 valence electrons. The van der Waals surface area contributed by atoms with Gasteiger partial charge in [0.15, 0.2) is 22.9 Å². The van der Waals surface area contributed by atoms with Crippen LogP contribution in [0.1, 0.15) is 60.0 Å². The third kappa shape index (κ3) is 7.68. The predicted molar refractivity (Wildman–Crippen MR) is 145 cm³/mol. The van der Waals surface area contributed by atoms with Crippen LogP contribution in [0.2, 0.25) is 0 Å². The first-order valence-corrected chi connectivity index (χ1v) is 13.3. The van der Waals surface area contributed by atoms with Gasteiger partial charge in [-0.25, -0.2) is 0 Å². The van der Waals surface area contributed by atoms with E-state index in [4.69, 9.17) is 14.3 Å². The molecule has 0 radical (unpaired) electrons. The molecule has 1 aliphatic carbocycles. The summed E-state index contributed by atoms with van der Waals surface area (Å²) in [7, 11) is 0. The van der Waals surface area contributed by atoms with Crippen LogP contribution in [0.4, 0.5) is 0 Å². The molecule has 1 fully saturated rings. The lowest BCUT2D eigenvalue weighted by Crippen LogP contribution is -2.51. The number of phenols is 2. The van der Waals surface area contributed by atoms with Crippen LogP contribution in [0.5, 0.6) is 11.5 Å². The smallest absolute Gasteiger partial charge is 0.326 e. The monoisotopic (exact) mass is 547 g/mol. The van der Waals surface area contributed by atoms with Gasteiger partial charge >= 0.3 is 11.9 Å². The molecule has 1 saturated carbocycles. The molecule has 9 heteroatoms. The Bertz CT molecular complexity index is 1290. The maximum atomic E-state index is 13.6. The van der Waals surface area contributed by atoms with Crippen LogP contribution >= 0.6 is 0 Å². The number of hydroxylamine groups is 1. The molecule has 0 spiro atoms. The Morgan fingerprint density at radius 3 is 1.98 bits per heavy atom. The molecule has 0 aromatic heterocycles. The van der Waals surface area contributed by atoms with Crippen molar-refractivity contribution >= 4 is 17.7 Å². The van der Waals surface area contributed by atoms with E-state index in [1.54, 1.807) is 0 Å². The van der Waals surface area contributed by atoms with Crippen LogP contribution in [0, 0.1) is 0 Å². The summed E-state index contributed by atoms with van der Waals surface area (Å²) in [6, 6.07) is 20.8. The Morgan fingerprint density at radius 2 is 1.38 bits per heavy atom. The zero-order valence-electron chi connectivity index (χ0n) is 22.1. The SMILES string of the molecule is O=C(C[C@H](NOC1(C(=O)c2ccc(O)c(O)c2)CCCCC1)C(=O)OCc1ccccc1)OCc1ccccc1. The molecule has 0 unspecified atom stereocenters. The number of hydrogen-bond acceptors (Lipinski definition) is 9. The van der Waals surface area contributed by atoms with E-state index in [1.807, 2.05) is 60.7 Å². The number of ketones is 1. The second-order valence-electron chi connectivity index (χ2n) is 9.80. The van der Waals surface area contributed by atoms with Gasteiger partial charge in [-0.1, -0.05) is 79.9 Å². The van der Waals surface area contributed by atoms with Gasteiger partial charge in [0.25, 0.3) is 0 Å². The molecule has 1 aliphatic rings. The minimum Gasteiger partial charge on any atom is -0.504 e.